The Balaban J connectivity index is 1.72. The zero-order chi connectivity index (χ0) is 17.3. The smallest absolute Gasteiger partial charge is 0.341 e. The van der Waals surface area contributed by atoms with Crippen molar-refractivity contribution < 1.29 is 14.7 Å². The van der Waals surface area contributed by atoms with Gasteiger partial charge < -0.3 is 10.4 Å². The summed E-state index contributed by atoms with van der Waals surface area (Å²) in [5.74, 6) is 1.24. The fourth-order valence-corrected chi connectivity index (χ4v) is 6.86. The van der Waals surface area contributed by atoms with Gasteiger partial charge in [-0.25, -0.2) is 4.79 Å². The molecule has 24 heavy (non-hydrogen) atoms. The van der Waals surface area contributed by atoms with Crippen molar-refractivity contribution in [3.05, 3.63) is 11.6 Å². The Bertz CT molecular complexity index is 626. The van der Waals surface area contributed by atoms with Crippen LogP contribution in [0, 0.1) is 34.5 Å². The number of amides is 1. The van der Waals surface area contributed by atoms with Gasteiger partial charge in [-0.05, 0) is 67.6 Å². The third-order valence-corrected chi connectivity index (χ3v) is 8.49. The van der Waals surface area contributed by atoms with E-state index in [0.29, 0.717) is 17.3 Å². The summed E-state index contributed by atoms with van der Waals surface area (Å²) in [6, 6.07) is 0.0949. The molecule has 0 aromatic heterocycles. The highest BCUT2D eigenvalue weighted by molar-refractivity contribution is 6.16. The molecule has 3 saturated carbocycles. The Labute approximate surface area is 144 Å². The first-order chi connectivity index (χ1) is 11.3. The minimum absolute atomic E-state index is 0.0532. The predicted molar refractivity (Wildman–Crippen MR) is 91.2 cm³/mol. The van der Waals surface area contributed by atoms with Gasteiger partial charge in [-0.3, -0.25) is 4.79 Å². The van der Waals surface area contributed by atoms with Crippen LogP contribution in [0.3, 0.4) is 0 Å². The van der Waals surface area contributed by atoms with Crippen LogP contribution in [-0.4, -0.2) is 23.0 Å². The van der Waals surface area contributed by atoms with Crippen molar-refractivity contribution in [3.63, 3.8) is 0 Å². The average Bonchev–Trinajstić information content (AvgIpc) is 2.83. The lowest BCUT2D eigenvalue weighted by atomic mass is 9.48. The standard InChI is InChI=1S/C20H29NO3/c1-11-4-6-14-12-5-7-16-20(3,15(12)8-9-19(11,14)2)10-13(18(23)24)17(22)21-16/h10-12,14-16H,4-9H2,1-3H3,(H,21,22)(H,23,24)/t11?,12-,14-,15+,16?,19+,20+/m0/s1. The minimum atomic E-state index is -1.09. The summed E-state index contributed by atoms with van der Waals surface area (Å²) in [6.07, 6.45) is 9.03. The summed E-state index contributed by atoms with van der Waals surface area (Å²) in [5, 5.41) is 12.4. The number of carboxylic acids is 1. The molecule has 4 rings (SSSR count). The fraction of sp³-hybridized carbons (Fsp3) is 0.800. The van der Waals surface area contributed by atoms with Gasteiger partial charge in [0.1, 0.15) is 5.57 Å². The van der Waals surface area contributed by atoms with Crippen LogP contribution in [0.25, 0.3) is 0 Å². The van der Waals surface area contributed by atoms with E-state index < -0.39 is 11.9 Å². The second-order valence-electron chi connectivity index (χ2n) is 9.23. The zero-order valence-corrected chi connectivity index (χ0v) is 15.0. The van der Waals surface area contributed by atoms with Crippen molar-refractivity contribution in [2.45, 2.75) is 65.3 Å². The second kappa shape index (κ2) is 5.09. The predicted octanol–water partition coefficient (Wildman–Crippen LogP) is 3.37. The normalized spacial score (nSPS) is 50.2. The van der Waals surface area contributed by atoms with Gasteiger partial charge >= 0.3 is 5.97 Å². The number of carboxylic acid groups (broad SMARTS) is 1. The molecule has 0 aromatic carbocycles. The quantitative estimate of drug-likeness (QED) is 0.724. The van der Waals surface area contributed by atoms with Gasteiger partial charge in [0, 0.05) is 11.5 Å². The number of carbonyl (C=O) groups is 2. The molecule has 7 atom stereocenters. The molecule has 3 fully saturated rings. The first kappa shape index (κ1) is 16.2. The van der Waals surface area contributed by atoms with Gasteiger partial charge in [-0.1, -0.05) is 26.8 Å². The summed E-state index contributed by atoms with van der Waals surface area (Å²) in [4.78, 5) is 23.6. The van der Waals surface area contributed by atoms with Crippen molar-refractivity contribution in [3.8, 4) is 0 Å². The van der Waals surface area contributed by atoms with Gasteiger partial charge in [-0.2, -0.15) is 0 Å². The number of fused-ring (bicyclic) bond motifs is 5. The van der Waals surface area contributed by atoms with Crippen LogP contribution in [0.15, 0.2) is 11.6 Å². The molecule has 132 valence electrons. The van der Waals surface area contributed by atoms with E-state index in [1.807, 2.05) is 6.08 Å². The molecule has 0 saturated heterocycles. The highest BCUT2D eigenvalue weighted by Gasteiger charge is 2.59. The second-order valence-corrected chi connectivity index (χ2v) is 9.23. The largest absolute Gasteiger partial charge is 0.478 e. The lowest BCUT2D eigenvalue weighted by molar-refractivity contribution is -0.137. The molecular formula is C20H29NO3. The SMILES string of the molecule is CC1CC[C@H]2[C@@H]3CCC4NC(=O)C(C(=O)O)=C[C@]4(C)[C@@H]3CC[C@]12C. The van der Waals surface area contributed by atoms with Gasteiger partial charge in [0.25, 0.3) is 5.91 Å². The molecule has 0 aromatic rings. The van der Waals surface area contributed by atoms with E-state index in [0.717, 1.165) is 24.7 Å². The molecule has 1 aliphatic heterocycles. The van der Waals surface area contributed by atoms with Crippen LogP contribution in [0.1, 0.15) is 59.3 Å². The van der Waals surface area contributed by atoms with Crippen molar-refractivity contribution in [1.82, 2.24) is 5.32 Å². The zero-order valence-electron chi connectivity index (χ0n) is 15.0. The Morgan fingerprint density at radius 3 is 2.62 bits per heavy atom. The highest BCUT2D eigenvalue weighted by atomic mass is 16.4. The maximum atomic E-state index is 12.1. The van der Waals surface area contributed by atoms with Crippen LogP contribution >= 0.6 is 0 Å². The third-order valence-electron chi connectivity index (χ3n) is 8.49. The van der Waals surface area contributed by atoms with E-state index in [9.17, 15) is 14.7 Å². The number of hydrogen-bond donors (Lipinski definition) is 2. The average molecular weight is 331 g/mol. The van der Waals surface area contributed by atoms with Gasteiger partial charge in [-0.15, -0.1) is 0 Å². The lowest BCUT2D eigenvalue weighted by Crippen LogP contribution is -2.60. The van der Waals surface area contributed by atoms with Gasteiger partial charge in [0.2, 0.25) is 0 Å². The van der Waals surface area contributed by atoms with Gasteiger partial charge in [0.05, 0.1) is 0 Å². The van der Waals surface area contributed by atoms with E-state index in [-0.39, 0.29) is 17.0 Å². The summed E-state index contributed by atoms with van der Waals surface area (Å²) >= 11 is 0. The maximum Gasteiger partial charge on any atom is 0.341 e. The summed E-state index contributed by atoms with van der Waals surface area (Å²) in [7, 11) is 0. The molecule has 0 spiro atoms. The van der Waals surface area contributed by atoms with Crippen molar-refractivity contribution in [2.75, 3.05) is 0 Å². The number of hydrogen-bond acceptors (Lipinski definition) is 2. The van der Waals surface area contributed by atoms with Crippen LogP contribution in [-0.2, 0) is 9.59 Å². The van der Waals surface area contributed by atoms with E-state index in [4.69, 9.17) is 0 Å². The van der Waals surface area contributed by atoms with E-state index >= 15 is 0 Å². The minimum Gasteiger partial charge on any atom is -0.478 e. The van der Waals surface area contributed by atoms with Crippen LogP contribution in [0.4, 0.5) is 0 Å². The lowest BCUT2D eigenvalue weighted by Gasteiger charge is -2.59. The molecule has 3 aliphatic carbocycles. The number of aliphatic carboxylic acids is 1. The van der Waals surface area contributed by atoms with Crippen LogP contribution < -0.4 is 5.32 Å². The molecule has 1 amide bonds. The van der Waals surface area contributed by atoms with Crippen molar-refractivity contribution in [2.24, 2.45) is 34.5 Å². The number of carbonyl (C=O) groups excluding carboxylic acids is 1. The number of nitrogens with one attached hydrogen (secondary N) is 1. The Hall–Kier alpha value is -1.32. The summed E-state index contributed by atoms with van der Waals surface area (Å²) in [5.41, 5.74) is 0.196. The first-order valence-corrected chi connectivity index (χ1v) is 9.54. The van der Waals surface area contributed by atoms with Crippen molar-refractivity contribution >= 4 is 11.9 Å². The summed E-state index contributed by atoms with van der Waals surface area (Å²) in [6.45, 7) is 7.09. The fourth-order valence-electron chi connectivity index (χ4n) is 6.86. The molecule has 1 heterocycles. The van der Waals surface area contributed by atoms with Crippen molar-refractivity contribution in [1.29, 1.82) is 0 Å². The van der Waals surface area contributed by atoms with E-state index in [1.165, 1.54) is 25.7 Å². The molecule has 2 unspecified atom stereocenters. The monoisotopic (exact) mass is 331 g/mol. The third kappa shape index (κ3) is 1.98. The Morgan fingerprint density at radius 2 is 1.92 bits per heavy atom. The van der Waals surface area contributed by atoms with E-state index in [1.54, 1.807) is 0 Å². The van der Waals surface area contributed by atoms with Crippen LogP contribution in [0.5, 0.6) is 0 Å². The molecule has 4 heteroatoms. The Kier molecular flexibility index (Phi) is 3.43. The topological polar surface area (TPSA) is 66.4 Å². The van der Waals surface area contributed by atoms with E-state index in [2.05, 4.69) is 26.1 Å². The molecular weight excluding hydrogens is 302 g/mol. The van der Waals surface area contributed by atoms with Gasteiger partial charge in [0.15, 0.2) is 0 Å². The molecule has 0 radical (unpaired) electrons. The molecule has 4 aliphatic rings. The highest BCUT2D eigenvalue weighted by Crippen LogP contribution is 2.64. The molecule has 2 N–H and O–H groups in total. The first-order valence-electron chi connectivity index (χ1n) is 9.54. The summed E-state index contributed by atoms with van der Waals surface area (Å²) < 4.78 is 0. The number of rotatable bonds is 1. The maximum absolute atomic E-state index is 12.1. The van der Waals surface area contributed by atoms with Crippen LogP contribution in [0.2, 0.25) is 0 Å². The molecule has 4 nitrogen and oxygen atoms in total. The Morgan fingerprint density at radius 1 is 1.17 bits per heavy atom. The molecule has 0 bridgehead atoms.